The Morgan fingerprint density at radius 2 is 1.76 bits per heavy atom. The van der Waals surface area contributed by atoms with Gasteiger partial charge in [0.2, 0.25) is 0 Å². The molecule has 1 amide bonds. The van der Waals surface area contributed by atoms with Crippen molar-refractivity contribution >= 4 is 28.6 Å². The number of aromatic nitrogens is 1. The standard InChI is InChI=1S/C25H29N3O/c1-17-6-11-23-21(14-17)22-16-27(5)13-12-24(22)28(23)15-18(2)19-7-9-20(10-8-19)25(29)26(3)4/h6-11,14-15H,12-13,16H2,1-5H3/b18-15+. The van der Waals surface area contributed by atoms with Crippen molar-refractivity contribution in [2.75, 3.05) is 27.7 Å². The van der Waals surface area contributed by atoms with Crippen LogP contribution in [-0.4, -0.2) is 48.0 Å². The van der Waals surface area contributed by atoms with Crippen LogP contribution in [0, 0.1) is 6.92 Å². The van der Waals surface area contributed by atoms with Gasteiger partial charge in [-0.05, 0) is 61.9 Å². The predicted molar refractivity (Wildman–Crippen MR) is 121 cm³/mol. The van der Waals surface area contributed by atoms with Gasteiger partial charge in [-0.1, -0.05) is 23.8 Å². The van der Waals surface area contributed by atoms with Gasteiger partial charge in [0.25, 0.3) is 5.91 Å². The van der Waals surface area contributed by atoms with E-state index < -0.39 is 0 Å². The SMILES string of the molecule is C/C(=C\n1c2c(c3cc(C)ccc31)CN(C)CC2)c1ccc(C(=O)N(C)C)cc1. The average Bonchev–Trinajstić information content (AvgIpc) is 2.99. The van der Waals surface area contributed by atoms with Crippen molar-refractivity contribution in [1.82, 2.24) is 14.4 Å². The molecule has 0 radical (unpaired) electrons. The second kappa shape index (κ2) is 7.53. The molecule has 0 atom stereocenters. The number of carbonyl (C=O) groups excluding carboxylic acids is 1. The van der Waals surface area contributed by atoms with E-state index in [-0.39, 0.29) is 5.91 Å². The predicted octanol–water partition coefficient (Wildman–Crippen LogP) is 4.66. The first-order chi connectivity index (χ1) is 13.8. The first-order valence-electron chi connectivity index (χ1n) is 10.2. The number of hydrogen-bond donors (Lipinski definition) is 0. The summed E-state index contributed by atoms with van der Waals surface area (Å²) in [6, 6.07) is 14.7. The molecule has 0 N–H and O–H groups in total. The largest absolute Gasteiger partial charge is 0.345 e. The molecule has 3 aromatic rings. The van der Waals surface area contributed by atoms with Crippen molar-refractivity contribution in [2.45, 2.75) is 26.8 Å². The molecule has 1 aliphatic heterocycles. The zero-order chi connectivity index (χ0) is 20.7. The Hall–Kier alpha value is -2.85. The molecule has 2 aromatic carbocycles. The second-order valence-corrected chi connectivity index (χ2v) is 8.39. The van der Waals surface area contributed by atoms with E-state index in [9.17, 15) is 4.79 Å². The van der Waals surface area contributed by atoms with Gasteiger partial charge in [-0.3, -0.25) is 4.79 Å². The fourth-order valence-corrected chi connectivity index (χ4v) is 4.19. The third kappa shape index (κ3) is 3.60. The Morgan fingerprint density at radius 3 is 2.45 bits per heavy atom. The smallest absolute Gasteiger partial charge is 0.253 e. The van der Waals surface area contributed by atoms with Crippen molar-refractivity contribution in [3.05, 3.63) is 70.4 Å². The number of hydrogen-bond acceptors (Lipinski definition) is 2. The number of carbonyl (C=O) groups is 1. The van der Waals surface area contributed by atoms with Gasteiger partial charge in [0.1, 0.15) is 0 Å². The summed E-state index contributed by atoms with van der Waals surface area (Å²) in [6.45, 7) is 6.38. The van der Waals surface area contributed by atoms with Gasteiger partial charge in [-0.15, -0.1) is 0 Å². The monoisotopic (exact) mass is 387 g/mol. The van der Waals surface area contributed by atoms with Gasteiger partial charge in [0.05, 0.1) is 5.52 Å². The molecule has 0 unspecified atom stereocenters. The third-order valence-electron chi connectivity index (χ3n) is 5.85. The maximum absolute atomic E-state index is 12.1. The fraction of sp³-hybridized carbons (Fsp3) is 0.320. The molecule has 1 aromatic heterocycles. The van der Waals surface area contributed by atoms with E-state index in [1.54, 1.807) is 19.0 Å². The molecular formula is C25H29N3O. The van der Waals surface area contributed by atoms with E-state index in [4.69, 9.17) is 0 Å². The minimum Gasteiger partial charge on any atom is -0.345 e. The van der Waals surface area contributed by atoms with Gasteiger partial charge in [0.15, 0.2) is 0 Å². The molecule has 0 bridgehead atoms. The molecular weight excluding hydrogens is 358 g/mol. The van der Waals surface area contributed by atoms with Crippen LogP contribution in [0.2, 0.25) is 0 Å². The van der Waals surface area contributed by atoms with E-state index >= 15 is 0 Å². The lowest BCUT2D eigenvalue weighted by Crippen LogP contribution is -2.26. The molecule has 0 saturated heterocycles. The quantitative estimate of drug-likeness (QED) is 0.654. The highest BCUT2D eigenvalue weighted by molar-refractivity contribution is 5.94. The summed E-state index contributed by atoms with van der Waals surface area (Å²) < 4.78 is 2.38. The number of fused-ring (bicyclic) bond motifs is 3. The minimum atomic E-state index is 0.0307. The maximum Gasteiger partial charge on any atom is 0.253 e. The molecule has 2 heterocycles. The van der Waals surface area contributed by atoms with E-state index in [0.717, 1.165) is 25.1 Å². The first kappa shape index (κ1) is 19.5. The van der Waals surface area contributed by atoms with E-state index in [2.05, 4.69) is 54.8 Å². The molecule has 1 aliphatic rings. The van der Waals surface area contributed by atoms with Crippen LogP contribution < -0.4 is 0 Å². The molecule has 0 saturated carbocycles. The number of aryl methyl sites for hydroxylation is 1. The minimum absolute atomic E-state index is 0.0307. The van der Waals surface area contributed by atoms with Crippen LogP contribution in [0.1, 0.15) is 39.7 Å². The number of likely N-dealkylation sites (N-methyl/N-ethyl adjacent to an activating group) is 1. The van der Waals surface area contributed by atoms with E-state index in [0.29, 0.717) is 5.56 Å². The summed E-state index contributed by atoms with van der Waals surface area (Å²) in [7, 11) is 5.75. The maximum atomic E-state index is 12.1. The summed E-state index contributed by atoms with van der Waals surface area (Å²) in [5, 5.41) is 1.36. The summed E-state index contributed by atoms with van der Waals surface area (Å²) in [5.41, 5.74) is 8.48. The lowest BCUT2D eigenvalue weighted by atomic mass is 10.0. The summed E-state index contributed by atoms with van der Waals surface area (Å²) >= 11 is 0. The highest BCUT2D eigenvalue weighted by Gasteiger charge is 2.21. The van der Waals surface area contributed by atoms with Crippen molar-refractivity contribution in [3.8, 4) is 0 Å². The second-order valence-electron chi connectivity index (χ2n) is 8.39. The lowest BCUT2D eigenvalue weighted by Gasteiger charge is -2.23. The molecule has 4 rings (SSSR count). The first-order valence-corrected chi connectivity index (χ1v) is 10.2. The Kier molecular flexibility index (Phi) is 5.05. The zero-order valence-electron chi connectivity index (χ0n) is 18.0. The summed E-state index contributed by atoms with van der Waals surface area (Å²) in [5.74, 6) is 0.0307. The average molecular weight is 388 g/mol. The van der Waals surface area contributed by atoms with E-state index in [1.165, 1.54) is 33.3 Å². The Bertz CT molecular complexity index is 1100. The van der Waals surface area contributed by atoms with Crippen LogP contribution in [0.3, 0.4) is 0 Å². The third-order valence-corrected chi connectivity index (χ3v) is 5.85. The molecule has 4 nitrogen and oxygen atoms in total. The van der Waals surface area contributed by atoms with Crippen LogP contribution in [0.25, 0.3) is 22.7 Å². The fourth-order valence-electron chi connectivity index (χ4n) is 4.19. The van der Waals surface area contributed by atoms with Gasteiger partial charge in [0, 0.05) is 56.4 Å². The normalized spacial score (nSPS) is 14.9. The molecule has 0 fully saturated rings. The number of nitrogens with zero attached hydrogens (tertiary/aromatic N) is 3. The van der Waals surface area contributed by atoms with Crippen LogP contribution >= 0.6 is 0 Å². The summed E-state index contributed by atoms with van der Waals surface area (Å²) in [4.78, 5) is 16.1. The Morgan fingerprint density at radius 1 is 1.07 bits per heavy atom. The van der Waals surface area contributed by atoms with Gasteiger partial charge < -0.3 is 14.4 Å². The molecule has 0 spiro atoms. The van der Waals surface area contributed by atoms with E-state index in [1.807, 2.05) is 24.3 Å². The van der Waals surface area contributed by atoms with Crippen molar-refractivity contribution in [2.24, 2.45) is 0 Å². The summed E-state index contributed by atoms with van der Waals surface area (Å²) in [6.07, 6.45) is 3.31. The Balaban J connectivity index is 1.77. The Labute approximate surface area is 173 Å². The molecule has 4 heteroatoms. The topological polar surface area (TPSA) is 28.5 Å². The van der Waals surface area contributed by atoms with Crippen LogP contribution in [0.4, 0.5) is 0 Å². The van der Waals surface area contributed by atoms with Crippen molar-refractivity contribution in [3.63, 3.8) is 0 Å². The highest BCUT2D eigenvalue weighted by atomic mass is 16.2. The lowest BCUT2D eigenvalue weighted by molar-refractivity contribution is 0.0827. The molecule has 150 valence electrons. The number of amides is 1. The van der Waals surface area contributed by atoms with Gasteiger partial charge >= 0.3 is 0 Å². The van der Waals surface area contributed by atoms with Crippen molar-refractivity contribution < 1.29 is 4.79 Å². The van der Waals surface area contributed by atoms with Gasteiger partial charge in [-0.2, -0.15) is 0 Å². The van der Waals surface area contributed by atoms with Crippen LogP contribution in [0.5, 0.6) is 0 Å². The number of benzene rings is 2. The number of allylic oxidation sites excluding steroid dienone is 1. The highest BCUT2D eigenvalue weighted by Crippen LogP contribution is 2.32. The molecule has 29 heavy (non-hydrogen) atoms. The number of rotatable bonds is 3. The van der Waals surface area contributed by atoms with Gasteiger partial charge in [-0.25, -0.2) is 0 Å². The molecule has 0 aliphatic carbocycles. The van der Waals surface area contributed by atoms with Crippen LogP contribution in [-0.2, 0) is 13.0 Å². The van der Waals surface area contributed by atoms with Crippen LogP contribution in [0.15, 0.2) is 42.5 Å². The zero-order valence-corrected chi connectivity index (χ0v) is 18.0. The van der Waals surface area contributed by atoms with Crippen molar-refractivity contribution in [1.29, 1.82) is 0 Å².